The van der Waals surface area contributed by atoms with Crippen LogP contribution in [0, 0.1) is 0 Å². The third-order valence-corrected chi connectivity index (χ3v) is 3.11. The topological polar surface area (TPSA) is 96.7 Å². The number of aromatic nitrogens is 3. The Morgan fingerprint density at radius 3 is 3.13 bits per heavy atom. The number of rotatable bonds is 6. The molecule has 2 rings (SSSR count). The Labute approximate surface area is 91.4 Å². The number of carbonyl (C=O) groups is 1. The molecular weight excluding hydrogens is 214 g/mol. The van der Waals surface area contributed by atoms with Gasteiger partial charge in [0, 0.05) is 11.8 Å². The number of aromatic amines is 1. The summed E-state index contributed by atoms with van der Waals surface area (Å²) in [4.78, 5) is 15.1. The second-order valence-corrected chi connectivity index (χ2v) is 4.51. The molecule has 1 aromatic rings. The number of primary amides is 1. The SMILES string of the molecule is NC(=O)C(CSc1ncn[nH]1)NC1CC1. The number of thioether (sulfide) groups is 1. The van der Waals surface area contributed by atoms with Gasteiger partial charge in [-0.1, -0.05) is 11.8 Å². The lowest BCUT2D eigenvalue weighted by Gasteiger charge is -2.13. The largest absolute Gasteiger partial charge is 0.368 e. The second kappa shape index (κ2) is 4.63. The first kappa shape index (κ1) is 10.4. The fraction of sp³-hybridized carbons (Fsp3) is 0.625. The Kier molecular flexibility index (Phi) is 3.22. The second-order valence-electron chi connectivity index (χ2n) is 3.50. The zero-order valence-electron chi connectivity index (χ0n) is 8.14. The number of carbonyl (C=O) groups excluding carboxylic acids is 1. The molecule has 1 aliphatic carbocycles. The van der Waals surface area contributed by atoms with Crippen molar-refractivity contribution in [3.63, 3.8) is 0 Å². The van der Waals surface area contributed by atoms with Gasteiger partial charge in [-0.2, -0.15) is 5.10 Å². The van der Waals surface area contributed by atoms with Crippen LogP contribution in [0.2, 0.25) is 0 Å². The molecule has 15 heavy (non-hydrogen) atoms. The van der Waals surface area contributed by atoms with Crippen LogP contribution in [-0.4, -0.2) is 38.9 Å². The molecular formula is C8H13N5OS. The van der Waals surface area contributed by atoms with Gasteiger partial charge in [-0.3, -0.25) is 9.89 Å². The molecule has 1 fully saturated rings. The van der Waals surface area contributed by atoms with Crippen molar-refractivity contribution < 1.29 is 4.79 Å². The van der Waals surface area contributed by atoms with Crippen LogP contribution < -0.4 is 11.1 Å². The molecule has 82 valence electrons. The first-order valence-electron chi connectivity index (χ1n) is 4.79. The fourth-order valence-corrected chi connectivity index (χ4v) is 2.00. The maximum absolute atomic E-state index is 11.1. The smallest absolute Gasteiger partial charge is 0.235 e. The van der Waals surface area contributed by atoms with E-state index in [-0.39, 0.29) is 11.9 Å². The zero-order valence-corrected chi connectivity index (χ0v) is 8.96. The first-order chi connectivity index (χ1) is 7.25. The van der Waals surface area contributed by atoms with Crippen molar-refractivity contribution in [2.24, 2.45) is 5.73 Å². The van der Waals surface area contributed by atoms with Gasteiger partial charge in [-0.05, 0) is 12.8 Å². The summed E-state index contributed by atoms with van der Waals surface area (Å²) in [6, 6.07) is 0.186. The van der Waals surface area contributed by atoms with E-state index in [1.165, 1.54) is 18.1 Å². The highest BCUT2D eigenvalue weighted by Crippen LogP contribution is 2.21. The number of nitrogens with zero attached hydrogens (tertiary/aromatic N) is 2. The molecule has 4 N–H and O–H groups in total. The van der Waals surface area contributed by atoms with E-state index in [4.69, 9.17) is 5.73 Å². The van der Waals surface area contributed by atoms with Gasteiger partial charge in [-0.15, -0.1) is 0 Å². The van der Waals surface area contributed by atoms with Crippen molar-refractivity contribution in [1.29, 1.82) is 0 Å². The molecule has 1 amide bonds. The minimum atomic E-state index is -0.311. The van der Waals surface area contributed by atoms with Gasteiger partial charge in [0.1, 0.15) is 6.33 Å². The summed E-state index contributed by atoms with van der Waals surface area (Å²) in [5, 5.41) is 10.3. The lowest BCUT2D eigenvalue weighted by Crippen LogP contribution is -2.44. The fourth-order valence-electron chi connectivity index (χ4n) is 1.17. The van der Waals surface area contributed by atoms with Crippen molar-refractivity contribution in [2.45, 2.75) is 30.1 Å². The molecule has 0 bridgehead atoms. The molecule has 1 saturated carbocycles. The van der Waals surface area contributed by atoms with Crippen molar-refractivity contribution >= 4 is 17.7 Å². The monoisotopic (exact) mass is 227 g/mol. The van der Waals surface area contributed by atoms with E-state index < -0.39 is 0 Å². The van der Waals surface area contributed by atoms with E-state index in [1.54, 1.807) is 0 Å². The van der Waals surface area contributed by atoms with Crippen LogP contribution >= 0.6 is 11.8 Å². The zero-order chi connectivity index (χ0) is 10.7. The summed E-state index contributed by atoms with van der Waals surface area (Å²) >= 11 is 1.44. The average Bonchev–Trinajstić information content (AvgIpc) is 2.87. The number of nitrogens with one attached hydrogen (secondary N) is 2. The highest BCUT2D eigenvalue weighted by atomic mass is 32.2. The van der Waals surface area contributed by atoms with Gasteiger partial charge in [0.15, 0.2) is 5.16 Å². The molecule has 1 aliphatic rings. The molecule has 1 atom stereocenters. The average molecular weight is 227 g/mol. The molecule has 7 heteroatoms. The molecule has 0 spiro atoms. The molecule has 0 aliphatic heterocycles. The Morgan fingerprint density at radius 2 is 2.60 bits per heavy atom. The van der Waals surface area contributed by atoms with E-state index in [9.17, 15) is 4.79 Å². The van der Waals surface area contributed by atoms with Crippen LogP contribution in [0.15, 0.2) is 11.5 Å². The summed E-state index contributed by atoms with van der Waals surface area (Å²) in [6.07, 6.45) is 3.71. The van der Waals surface area contributed by atoms with E-state index in [1.807, 2.05) is 0 Å². The van der Waals surface area contributed by atoms with Gasteiger partial charge < -0.3 is 11.1 Å². The van der Waals surface area contributed by atoms with E-state index in [2.05, 4.69) is 20.5 Å². The van der Waals surface area contributed by atoms with Crippen LogP contribution in [0.5, 0.6) is 0 Å². The molecule has 0 radical (unpaired) electrons. The Balaban J connectivity index is 1.80. The van der Waals surface area contributed by atoms with Crippen molar-refractivity contribution in [3.05, 3.63) is 6.33 Å². The van der Waals surface area contributed by atoms with Crippen LogP contribution in [0.4, 0.5) is 0 Å². The van der Waals surface area contributed by atoms with Gasteiger partial charge in [0.25, 0.3) is 0 Å². The van der Waals surface area contributed by atoms with Crippen molar-refractivity contribution in [2.75, 3.05) is 5.75 Å². The lowest BCUT2D eigenvalue weighted by atomic mass is 10.3. The van der Waals surface area contributed by atoms with E-state index >= 15 is 0 Å². The quantitative estimate of drug-likeness (QED) is 0.569. The van der Waals surface area contributed by atoms with Gasteiger partial charge in [0.2, 0.25) is 5.91 Å². The highest BCUT2D eigenvalue weighted by molar-refractivity contribution is 7.99. The van der Waals surface area contributed by atoms with Crippen LogP contribution in [0.25, 0.3) is 0 Å². The van der Waals surface area contributed by atoms with Crippen LogP contribution in [0.1, 0.15) is 12.8 Å². The minimum Gasteiger partial charge on any atom is -0.368 e. The third kappa shape index (κ3) is 3.21. The predicted molar refractivity (Wildman–Crippen MR) is 56.2 cm³/mol. The molecule has 0 saturated heterocycles. The number of H-pyrrole nitrogens is 1. The summed E-state index contributed by atoms with van der Waals surface area (Å²) in [5.41, 5.74) is 5.29. The Hall–Kier alpha value is -1.08. The number of amides is 1. The summed E-state index contributed by atoms with van der Waals surface area (Å²) in [7, 11) is 0. The predicted octanol–water partition coefficient (Wildman–Crippen LogP) is -0.497. The Morgan fingerprint density at radius 1 is 1.80 bits per heavy atom. The van der Waals surface area contributed by atoms with Gasteiger partial charge in [-0.25, -0.2) is 4.98 Å². The number of hydrogen-bond acceptors (Lipinski definition) is 5. The standard InChI is InChI=1S/C8H13N5OS/c9-7(14)6(12-5-1-2-5)3-15-8-10-4-11-13-8/h4-6,12H,1-3H2,(H2,9,14)(H,10,11,13). The molecule has 1 heterocycles. The maximum atomic E-state index is 11.1. The van der Waals surface area contributed by atoms with Gasteiger partial charge in [0.05, 0.1) is 6.04 Å². The van der Waals surface area contributed by atoms with Crippen molar-refractivity contribution in [1.82, 2.24) is 20.5 Å². The van der Waals surface area contributed by atoms with E-state index in [0.29, 0.717) is 17.0 Å². The van der Waals surface area contributed by atoms with E-state index in [0.717, 1.165) is 12.8 Å². The van der Waals surface area contributed by atoms with Crippen molar-refractivity contribution in [3.8, 4) is 0 Å². The highest BCUT2D eigenvalue weighted by Gasteiger charge is 2.27. The van der Waals surface area contributed by atoms with Crippen LogP contribution in [-0.2, 0) is 4.79 Å². The minimum absolute atomic E-state index is 0.285. The lowest BCUT2D eigenvalue weighted by molar-refractivity contribution is -0.119. The summed E-state index contributed by atoms with van der Waals surface area (Å²) in [6.45, 7) is 0. The maximum Gasteiger partial charge on any atom is 0.235 e. The third-order valence-electron chi connectivity index (χ3n) is 2.14. The molecule has 1 aromatic heterocycles. The number of hydrogen-bond donors (Lipinski definition) is 3. The first-order valence-corrected chi connectivity index (χ1v) is 5.78. The molecule has 6 nitrogen and oxygen atoms in total. The normalized spacial score (nSPS) is 17.6. The number of nitrogens with two attached hydrogens (primary N) is 1. The Bertz CT molecular complexity index is 324. The van der Waals surface area contributed by atoms with Gasteiger partial charge >= 0.3 is 0 Å². The molecule has 1 unspecified atom stereocenters. The molecule has 0 aromatic carbocycles. The summed E-state index contributed by atoms with van der Waals surface area (Å²) < 4.78 is 0. The van der Waals surface area contributed by atoms with Crippen LogP contribution in [0.3, 0.4) is 0 Å². The summed E-state index contributed by atoms with van der Waals surface area (Å²) in [5.74, 6) is 0.273.